The van der Waals surface area contributed by atoms with Crippen LogP contribution in [-0.4, -0.2) is 23.1 Å². The normalized spacial score (nSPS) is 18.0. The first-order valence-electron chi connectivity index (χ1n) is 7.80. The van der Waals surface area contributed by atoms with Crippen LogP contribution in [0, 0.1) is 11.8 Å². The molecule has 21 heavy (non-hydrogen) atoms. The van der Waals surface area contributed by atoms with Crippen LogP contribution in [0.5, 0.6) is 0 Å². The Balaban J connectivity index is 1.64. The molecule has 0 radical (unpaired) electrons. The molecule has 0 spiro atoms. The molecule has 1 aliphatic carbocycles. The van der Waals surface area contributed by atoms with Crippen molar-refractivity contribution in [1.29, 1.82) is 0 Å². The SMILES string of the molecule is CC(C)CNCC1CCc2nc(-c3ccsc3)ncc2C1. The Kier molecular flexibility index (Phi) is 4.66. The third kappa shape index (κ3) is 3.69. The van der Waals surface area contributed by atoms with Gasteiger partial charge in [0.2, 0.25) is 0 Å². The zero-order chi connectivity index (χ0) is 14.7. The second-order valence-corrected chi connectivity index (χ2v) is 7.12. The molecule has 0 aromatic carbocycles. The number of fused-ring (bicyclic) bond motifs is 1. The Hall–Kier alpha value is -1.26. The van der Waals surface area contributed by atoms with Crippen molar-refractivity contribution >= 4 is 11.3 Å². The molecular formula is C17H23N3S. The maximum atomic E-state index is 4.77. The second kappa shape index (κ2) is 6.67. The third-order valence-electron chi connectivity index (χ3n) is 4.02. The molecule has 0 saturated carbocycles. The molecule has 1 N–H and O–H groups in total. The fourth-order valence-corrected chi connectivity index (χ4v) is 3.50. The van der Waals surface area contributed by atoms with Gasteiger partial charge in [0, 0.05) is 22.8 Å². The lowest BCUT2D eigenvalue weighted by Gasteiger charge is -2.24. The van der Waals surface area contributed by atoms with Crippen molar-refractivity contribution in [3.05, 3.63) is 34.3 Å². The van der Waals surface area contributed by atoms with Crippen LogP contribution < -0.4 is 5.32 Å². The van der Waals surface area contributed by atoms with Crippen LogP contribution in [-0.2, 0) is 12.8 Å². The topological polar surface area (TPSA) is 37.8 Å². The van der Waals surface area contributed by atoms with E-state index in [0.717, 1.165) is 49.2 Å². The number of nitrogens with one attached hydrogen (secondary N) is 1. The monoisotopic (exact) mass is 301 g/mol. The van der Waals surface area contributed by atoms with Crippen LogP contribution in [0.4, 0.5) is 0 Å². The molecule has 2 heterocycles. The Morgan fingerprint density at radius 2 is 2.33 bits per heavy atom. The molecule has 112 valence electrons. The summed E-state index contributed by atoms with van der Waals surface area (Å²) in [6, 6.07) is 2.09. The summed E-state index contributed by atoms with van der Waals surface area (Å²) in [6.45, 7) is 6.73. The van der Waals surface area contributed by atoms with E-state index in [0.29, 0.717) is 0 Å². The van der Waals surface area contributed by atoms with Crippen molar-refractivity contribution in [2.24, 2.45) is 11.8 Å². The van der Waals surface area contributed by atoms with Gasteiger partial charge in [-0.1, -0.05) is 13.8 Å². The van der Waals surface area contributed by atoms with E-state index >= 15 is 0 Å². The highest BCUT2D eigenvalue weighted by Gasteiger charge is 2.20. The highest BCUT2D eigenvalue weighted by atomic mass is 32.1. The highest BCUT2D eigenvalue weighted by Crippen LogP contribution is 2.26. The molecule has 0 fully saturated rings. The highest BCUT2D eigenvalue weighted by molar-refractivity contribution is 7.08. The van der Waals surface area contributed by atoms with E-state index in [1.807, 2.05) is 6.20 Å². The lowest BCUT2D eigenvalue weighted by Crippen LogP contribution is -2.30. The van der Waals surface area contributed by atoms with Gasteiger partial charge in [-0.25, -0.2) is 9.97 Å². The molecule has 0 saturated heterocycles. The zero-order valence-electron chi connectivity index (χ0n) is 12.8. The van der Waals surface area contributed by atoms with Crippen molar-refractivity contribution in [1.82, 2.24) is 15.3 Å². The predicted molar refractivity (Wildman–Crippen MR) is 88.6 cm³/mol. The zero-order valence-corrected chi connectivity index (χ0v) is 13.6. The quantitative estimate of drug-likeness (QED) is 0.917. The van der Waals surface area contributed by atoms with Crippen LogP contribution in [0.15, 0.2) is 23.0 Å². The number of aromatic nitrogens is 2. The van der Waals surface area contributed by atoms with Crippen LogP contribution in [0.3, 0.4) is 0 Å². The number of thiophene rings is 1. The van der Waals surface area contributed by atoms with Crippen LogP contribution in [0.2, 0.25) is 0 Å². The molecule has 0 bridgehead atoms. The first-order chi connectivity index (χ1) is 10.2. The summed E-state index contributed by atoms with van der Waals surface area (Å²) in [4.78, 5) is 9.33. The van der Waals surface area contributed by atoms with E-state index in [1.54, 1.807) is 11.3 Å². The van der Waals surface area contributed by atoms with E-state index in [1.165, 1.54) is 17.7 Å². The second-order valence-electron chi connectivity index (χ2n) is 6.34. The summed E-state index contributed by atoms with van der Waals surface area (Å²) in [6.07, 6.45) is 5.48. The van der Waals surface area contributed by atoms with Crippen molar-refractivity contribution in [3.8, 4) is 11.4 Å². The van der Waals surface area contributed by atoms with Crippen molar-refractivity contribution < 1.29 is 0 Å². The van der Waals surface area contributed by atoms with Crippen LogP contribution in [0.25, 0.3) is 11.4 Å². The van der Waals surface area contributed by atoms with Gasteiger partial charge in [-0.15, -0.1) is 0 Å². The van der Waals surface area contributed by atoms with Gasteiger partial charge in [0.1, 0.15) is 0 Å². The summed E-state index contributed by atoms with van der Waals surface area (Å²) in [7, 11) is 0. The molecule has 1 aliphatic rings. The van der Waals surface area contributed by atoms with E-state index in [9.17, 15) is 0 Å². The molecule has 2 aromatic heterocycles. The number of hydrogen-bond acceptors (Lipinski definition) is 4. The smallest absolute Gasteiger partial charge is 0.160 e. The average Bonchev–Trinajstić information content (AvgIpc) is 3.00. The molecule has 3 rings (SSSR count). The van der Waals surface area contributed by atoms with Crippen molar-refractivity contribution in [2.45, 2.75) is 33.1 Å². The summed E-state index contributed by atoms with van der Waals surface area (Å²) < 4.78 is 0. The number of hydrogen-bond donors (Lipinski definition) is 1. The molecule has 3 nitrogen and oxygen atoms in total. The largest absolute Gasteiger partial charge is 0.316 e. The maximum Gasteiger partial charge on any atom is 0.160 e. The van der Waals surface area contributed by atoms with Gasteiger partial charge >= 0.3 is 0 Å². The minimum absolute atomic E-state index is 0.720. The van der Waals surface area contributed by atoms with E-state index in [-0.39, 0.29) is 0 Å². The lowest BCUT2D eigenvalue weighted by atomic mass is 9.87. The molecule has 4 heteroatoms. The fourth-order valence-electron chi connectivity index (χ4n) is 2.86. The van der Waals surface area contributed by atoms with Gasteiger partial charge < -0.3 is 5.32 Å². The van der Waals surface area contributed by atoms with Gasteiger partial charge in [0.15, 0.2) is 5.82 Å². The first kappa shape index (κ1) is 14.7. The van der Waals surface area contributed by atoms with Crippen LogP contribution >= 0.6 is 11.3 Å². The first-order valence-corrected chi connectivity index (χ1v) is 8.74. The van der Waals surface area contributed by atoms with E-state index in [2.05, 4.69) is 41.0 Å². The molecule has 1 unspecified atom stereocenters. The minimum Gasteiger partial charge on any atom is -0.316 e. The van der Waals surface area contributed by atoms with Gasteiger partial charge in [-0.2, -0.15) is 11.3 Å². The standard InChI is InChI=1S/C17H23N3S/c1-12(2)8-18-9-13-3-4-16-15(7-13)10-19-17(20-16)14-5-6-21-11-14/h5-6,10-13,18H,3-4,7-9H2,1-2H3. The maximum absolute atomic E-state index is 4.77. The third-order valence-corrected chi connectivity index (χ3v) is 4.70. The number of aryl methyl sites for hydroxylation is 1. The fraction of sp³-hybridized carbons (Fsp3) is 0.529. The van der Waals surface area contributed by atoms with Crippen LogP contribution in [0.1, 0.15) is 31.5 Å². The Labute approximate surface area is 130 Å². The Morgan fingerprint density at radius 3 is 3.10 bits per heavy atom. The number of rotatable bonds is 5. The number of nitrogens with zero attached hydrogens (tertiary/aromatic N) is 2. The van der Waals surface area contributed by atoms with E-state index in [4.69, 9.17) is 4.98 Å². The minimum atomic E-state index is 0.720. The molecule has 0 amide bonds. The Morgan fingerprint density at radius 1 is 1.43 bits per heavy atom. The molecule has 0 aliphatic heterocycles. The average molecular weight is 301 g/mol. The van der Waals surface area contributed by atoms with Gasteiger partial charge in [0.25, 0.3) is 0 Å². The Bertz CT molecular complexity index is 578. The summed E-state index contributed by atoms with van der Waals surface area (Å²) in [5.74, 6) is 2.33. The molecular weight excluding hydrogens is 278 g/mol. The summed E-state index contributed by atoms with van der Waals surface area (Å²) >= 11 is 1.70. The van der Waals surface area contributed by atoms with Gasteiger partial charge in [-0.05, 0) is 61.2 Å². The van der Waals surface area contributed by atoms with Crippen molar-refractivity contribution in [2.75, 3.05) is 13.1 Å². The van der Waals surface area contributed by atoms with Gasteiger partial charge in [0.05, 0.1) is 0 Å². The molecule has 2 aromatic rings. The van der Waals surface area contributed by atoms with E-state index < -0.39 is 0 Å². The van der Waals surface area contributed by atoms with Gasteiger partial charge in [-0.3, -0.25) is 0 Å². The molecule has 1 atom stereocenters. The lowest BCUT2D eigenvalue weighted by molar-refractivity contribution is 0.405. The van der Waals surface area contributed by atoms with Crippen molar-refractivity contribution in [3.63, 3.8) is 0 Å². The summed E-state index contributed by atoms with van der Waals surface area (Å²) in [5.41, 5.74) is 3.74. The summed E-state index contributed by atoms with van der Waals surface area (Å²) in [5, 5.41) is 7.77. The predicted octanol–water partition coefficient (Wildman–Crippen LogP) is 3.56.